The summed E-state index contributed by atoms with van der Waals surface area (Å²) in [6.07, 6.45) is -4.30. The Labute approximate surface area is 110 Å². The lowest BCUT2D eigenvalue weighted by Crippen LogP contribution is -2.15. The lowest BCUT2D eigenvalue weighted by Gasteiger charge is -2.15. The zero-order valence-electron chi connectivity index (χ0n) is 10.5. The van der Waals surface area contributed by atoms with Crippen molar-refractivity contribution in [3.63, 3.8) is 0 Å². The van der Waals surface area contributed by atoms with E-state index in [4.69, 9.17) is 5.73 Å². The maximum Gasteiger partial charge on any atom is 0.416 e. The zero-order valence-corrected chi connectivity index (χ0v) is 11.3. The summed E-state index contributed by atoms with van der Waals surface area (Å²) in [7, 11) is 0. The van der Waals surface area contributed by atoms with Crippen molar-refractivity contribution in [1.29, 1.82) is 0 Å². The van der Waals surface area contributed by atoms with Crippen LogP contribution in [0.3, 0.4) is 0 Å². The fourth-order valence-electron chi connectivity index (χ4n) is 1.47. The molecule has 1 aromatic rings. The van der Waals surface area contributed by atoms with Crippen molar-refractivity contribution in [2.24, 2.45) is 11.7 Å². The van der Waals surface area contributed by atoms with E-state index < -0.39 is 11.7 Å². The maximum absolute atomic E-state index is 12.5. The van der Waals surface area contributed by atoms with Gasteiger partial charge in [-0.05, 0) is 29.4 Å². The van der Waals surface area contributed by atoms with E-state index in [1.54, 1.807) is 17.8 Å². The second-order valence-electron chi connectivity index (χ2n) is 4.66. The van der Waals surface area contributed by atoms with Crippen LogP contribution in [0, 0.1) is 5.92 Å². The van der Waals surface area contributed by atoms with Gasteiger partial charge >= 0.3 is 6.18 Å². The fraction of sp³-hybridized carbons (Fsp3) is 0.538. The van der Waals surface area contributed by atoms with E-state index in [9.17, 15) is 13.2 Å². The molecule has 0 aliphatic carbocycles. The average molecular weight is 277 g/mol. The number of rotatable bonds is 5. The Kier molecular flexibility index (Phi) is 5.53. The van der Waals surface area contributed by atoms with Crippen molar-refractivity contribution in [3.05, 3.63) is 35.4 Å². The SMILES string of the molecule is CC(C)CSCC(N)c1cccc(C(F)(F)F)c1. The maximum atomic E-state index is 12.5. The minimum atomic E-state index is -4.30. The lowest BCUT2D eigenvalue weighted by molar-refractivity contribution is -0.137. The molecule has 1 nitrogen and oxygen atoms in total. The van der Waals surface area contributed by atoms with Crippen LogP contribution in [0.15, 0.2) is 24.3 Å². The second-order valence-corrected chi connectivity index (χ2v) is 5.74. The van der Waals surface area contributed by atoms with Gasteiger partial charge in [-0.3, -0.25) is 0 Å². The Morgan fingerprint density at radius 3 is 2.44 bits per heavy atom. The van der Waals surface area contributed by atoms with Crippen LogP contribution < -0.4 is 5.73 Å². The van der Waals surface area contributed by atoms with Gasteiger partial charge in [0.1, 0.15) is 0 Å². The topological polar surface area (TPSA) is 26.0 Å². The number of nitrogens with two attached hydrogens (primary N) is 1. The van der Waals surface area contributed by atoms with Gasteiger partial charge in [0.05, 0.1) is 5.56 Å². The van der Waals surface area contributed by atoms with E-state index in [-0.39, 0.29) is 6.04 Å². The first kappa shape index (κ1) is 15.4. The Hall–Kier alpha value is -0.680. The molecule has 102 valence electrons. The van der Waals surface area contributed by atoms with Gasteiger partial charge in [-0.1, -0.05) is 26.0 Å². The van der Waals surface area contributed by atoms with Crippen LogP contribution in [-0.4, -0.2) is 11.5 Å². The summed E-state index contributed by atoms with van der Waals surface area (Å²) in [6.45, 7) is 4.20. The first-order valence-corrected chi connectivity index (χ1v) is 6.96. The average Bonchev–Trinajstić information content (AvgIpc) is 2.27. The number of halogens is 3. The highest BCUT2D eigenvalue weighted by Gasteiger charge is 2.30. The van der Waals surface area contributed by atoms with Gasteiger partial charge in [-0.15, -0.1) is 0 Å². The van der Waals surface area contributed by atoms with Crippen LogP contribution in [0.25, 0.3) is 0 Å². The molecule has 0 spiro atoms. The third kappa shape index (κ3) is 4.90. The first-order valence-electron chi connectivity index (χ1n) is 5.81. The predicted octanol–water partition coefficient (Wildman–Crippen LogP) is 4.09. The number of benzene rings is 1. The molecule has 0 amide bonds. The molecule has 0 fully saturated rings. The fourth-order valence-corrected chi connectivity index (χ4v) is 2.53. The first-order chi connectivity index (χ1) is 8.30. The molecule has 0 saturated carbocycles. The highest BCUT2D eigenvalue weighted by Crippen LogP contribution is 2.31. The Bertz CT molecular complexity index is 377. The standard InChI is InChI=1S/C13H18F3NS/c1-9(2)7-18-8-12(17)10-4-3-5-11(6-10)13(14,15)16/h3-6,9,12H,7-8,17H2,1-2H3. The van der Waals surface area contributed by atoms with Crippen molar-refractivity contribution in [2.75, 3.05) is 11.5 Å². The quantitative estimate of drug-likeness (QED) is 0.877. The minimum absolute atomic E-state index is 0.351. The molecule has 5 heteroatoms. The molecular weight excluding hydrogens is 259 g/mol. The monoisotopic (exact) mass is 277 g/mol. The minimum Gasteiger partial charge on any atom is -0.323 e. The summed E-state index contributed by atoms with van der Waals surface area (Å²) in [4.78, 5) is 0. The molecule has 0 aromatic heterocycles. The zero-order chi connectivity index (χ0) is 13.8. The van der Waals surface area contributed by atoms with Crippen LogP contribution in [-0.2, 0) is 6.18 Å². The van der Waals surface area contributed by atoms with E-state index in [1.165, 1.54) is 6.07 Å². The van der Waals surface area contributed by atoms with Crippen molar-refractivity contribution in [1.82, 2.24) is 0 Å². The summed E-state index contributed by atoms with van der Waals surface area (Å²) >= 11 is 1.67. The summed E-state index contributed by atoms with van der Waals surface area (Å²) in [6, 6.07) is 4.91. The van der Waals surface area contributed by atoms with E-state index >= 15 is 0 Å². The predicted molar refractivity (Wildman–Crippen MR) is 70.5 cm³/mol. The second kappa shape index (κ2) is 6.48. The highest BCUT2D eigenvalue weighted by molar-refractivity contribution is 7.99. The van der Waals surface area contributed by atoms with Gasteiger partial charge in [0.15, 0.2) is 0 Å². The van der Waals surface area contributed by atoms with Gasteiger partial charge in [0.2, 0.25) is 0 Å². The number of hydrogen-bond acceptors (Lipinski definition) is 2. The molecule has 0 saturated heterocycles. The summed E-state index contributed by atoms with van der Waals surface area (Å²) in [5.41, 5.74) is 5.81. The summed E-state index contributed by atoms with van der Waals surface area (Å²) < 4.78 is 37.6. The Morgan fingerprint density at radius 1 is 1.22 bits per heavy atom. The third-order valence-electron chi connectivity index (χ3n) is 2.39. The highest BCUT2D eigenvalue weighted by atomic mass is 32.2. The van der Waals surface area contributed by atoms with Crippen molar-refractivity contribution in [2.45, 2.75) is 26.1 Å². The van der Waals surface area contributed by atoms with E-state index in [2.05, 4.69) is 13.8 Å². The molecule has 0 aliphatic heterocycles. The Morgan fingerprint density at radius 2 is 1.89 bits per heavy atom. The van der Waals surface area contributed by atoms with Crippen LogP contribution in [0.4, 0.5) is 13.2 Å². The van der Waals surface area contributed by atoms with Crippen LogP contribution in [0.1, 0.15) is 31.0 Å². The smallest absolute Gasteiger partial charge is 0.323 e. The summed E-state index contributed by atoms with van der Waals surface area (Å²) in [5.74, 6) is 2.16. The van der Waals surface area contributed by atoms with Crippen molar-refractivity contribution < 1.29 is 13.2 Å². The lowest BCUT2D eigenvalue weighted by atomic mass is 10.1. The molecule has 18 heavy (non-hydrogen) atoms. The van der Waals surface area contributed by atoms with E-state index in [0.717, 1.165) is 17.9 Å². The molecule has 0 aliphatic rings. The van der Waals surface area contributed by atoms with Crippen molar-refractivity contribution >= 4 is 11.8 Å². The Balaban J connectivity index is 2.66. The molecule has 2 N–H and O–H groups in total. The normalized spacial score (nSPS) is 13.9. The van der Waals surface area contributed by atoms with E-state index in [0.29, 0.717) is 17.2 Å². The number of alkyl halides is 3. The van der Waals surface area contributed by atoms with Gasteiger partial charge in [-0.2, -0.15) is 24.9 Å². The van der Waals surface area contributed by atoms with Crippen LogP contribution >= 0.6 is 11.8 Å². The molecule has 1 unspecified atom stereocenters. The van der Waals surface area contributed by atoms with Gasteiger partial charge < -0.3 is 5.73 Å². The van der Waals surface area contributed by atoms with Crippen LogP contribution in [0.5, 0.6) is 0 Å². The van der Waals surface area contributed by atoms with E-state index in [1.807, 2.05) is 0 Å². The van der Waals surface area contributed by atoms with Crippen LogP contribution in [0.2, 0.25) is 0 Å². The summed E-state index contributed by atoms with van der Waals surface area (Å²) in [5, 5.41) is 0. The number of hydrogen-bond donors (Lipinski definition) is 1. The molecule has 1 rings (SSSR count). The van der Waals surface area contributed by atoms with Gasteiger partial charge in [-0.25, -0.2) is 0 Å². The molecule has 0 radical (unpaired) electrons. The molecule has 0 bridgehead atoms. The molecule has 1 atom stereocenters. The van der Waals surface area contributed by atoms with Gasteiger partial charge in [0.25, 0.3) is 0 Å². The molecule has 1 aromatic carbocycles. The van der Waals surface area contributed by atoms with Gasteiger partial charge in [0, 0.05) is 11.8 Å². The molecular formula is C13H18F3NS. The number of thioether (sulfide) groups is 1. The third-order valence-corrected chi connectivity index (χ3v) is 3.89. The molecule has 0 heterocycles. The largest absolute Gasteiger partial charge is 0.416 e. The van der Waals surface area contributed by atoms with Crippen molar-refractivity contribution in [3.8, 4) is 0 Å².